The van der Waals surface area contributed by atoms with Crippen molar-refractivity contribution in [2.24, 2.45) is 0 Å². The summed E-state index contributed by atoms with van der Waals surface area (Å²) in [5.41, 5.74) is 2.58. The molecule has 1 N–H and O–H groups in total. The number of fused-ring (bicyclic) bond motifs is 1. The molecule has 1 aliphatic heterocycles. The van der Waals surface area contributed by atoms with Gasteiger partial charge < -0.3 is 5.32 Å². The number of nitrogens with one attached hydrogen (secondary N) is 1. The Morgan fingerprint density at radius 2 is 1.71 bits per heavy atom. The van der Waals surface area contributed by atoms with Crippen molar-refractivity contribution >= 4 is 10.0 Å². The molecule has 0 spiro atoms. The summed E-state index contributed by atoms with van der Waals surface area (Å²) in [4.78, 5) is 0. The van der Waals surface area contributed by atoms with Gasteiger partial charge in [0.25, 0.3) is 0 Å². The maximum atomic E-state index is 12.4. The molecule has 5 heteroatoms. The van der Waals surface area contributed by atoms with Gasteiger partial charge in [0.1, 0.15) is 0 Å². The van der Waals surface area contributed by atoms with Gasteiger partial charge >= 0.3 is 0 Å². The van der Waals surface area contributed by atoms with Crippen molar-refractivity contribution in [3.05, 3.63) is 35.4 Å². The van der Waals surface area contributed by atoms with Gasteiger partial charge in [-0.2, -0.15) is 0 Å². The summed E-state index contributed by atoms with van der Waals surface area (Å²) in [5, 5.41) is 3.25. The van der Waals surface area contributed by atoms with Crippen LogP contribution in [0.5, 0.6) is 0 Å². The van der Waals surface area contributed by atoms with Gasteiger partial charge in [0.15, 0.2) is 0 Å². The fourth-order valence-electron chi connectivity index (χ4n) is 2.74. The number of hydrogen-bond acceptors (Lipinski definition) is 3. The van der Waals surface area contributed by atoms with E-state index < -0.39 is 10.0 Å². The highest BCUT2D eigenvalue weighted by Gasteiger charge is 2.23. The average Bonchev–Trinajstić information content (AvgIpc) is 2.70. The molecule has 2 rings (SSSR count). The van der Waals surface area contributed by atoms with Gasteiger partial charge in [-0.05, 0) is 49.9 Å². The van der Waals surface area contributed by atoms with Gasteiger partial charge in [-0.1, -0.05) is 31.2 Å². The fourth-order valence-corrected chi connectivity index (χ4v) is 4.24. The molecule has 1 heterocycles. The minimum atomic E-state index is -3.12. The summed E-state index contributed by atoms with van der Waals surface area (Å²) < 4.78 is 26.5. The number of nitrogens with zero attached hydrogens (tertiary/aromatic N) is 1. The van der Waals surface area contributed by atoms with E-state index in [0.717, 1.165) is 32.4 Å². The Balaban J connectivity index is 1.87. The molecule has 0 saturated carbocycles. The molecule has 0 aromatic heterocycles. The van der Waals surface area contributed by atoms with Crippen LogP contribution in [0.15, 0.2) is 24.3 Å². The third-order valence-electron chi connectivity index (χ3n) is 3.96. The molecule has 0 radical (unpaired) electrons. The summed E-state index contributed by atoms with van der Waals surface area (Å²) >= 11 is 0. The largest absolute Gasteiger partial charge is 0.317 e. The second kappa shape index (κ2) is 7.92. The third kappa shape index (κ3) is 4.80. The Hall–Kier alpha value is -0.910. The highest BCUT2D eigenvalue weighted by atomic mass is 32.2. The van der Waals surface area contributed by atoms with E-state index in [-0.39, 0.29) is 5.75 Å². The van der Waals surface area contributed by atoms with Crippen LogP contribution in [0.4, 0.5) is 0 Å². The third-order valence-corrected chi connectivity index (χ3v) is 5.91. The summed E-state index contributed by atoms with van der Waals surface area (Å²) in [6, 6.07) is 8.28. The lowest BCUT2D eigenvalue weighted by molar-refractivity contribution is 0.425. The zero-order valence-electron chi connectivity index (χ0n) is 12.8. The number of benzene rings is 1. The molecule has 0 unspecified atom stereocenters. The molecule has 0 bridgehead atoms. The molecule has 4 nitrogen and oxygen atoms in total. The quantitative estimate of drug-likeness (QED) is 0.781. The first-order valence-corrected chi connectivity index (χ1v) is 9.49. The Morgan fingerprint density at radius 3 is 2.29 bits per heavy atom. The fraction of sp³-hybridized carbons (Fsp3) is 0.625. The first-order chi connectivity index (χ1) is 10.1. The van der Waals surface area contributed by atoms with E-state index in [1.54, 1.807) is 4.31 Å². The lowest BCUT2D eigenvalue weighted by atomic mass is 10.0. The molecule has 1 aromatic carbocycles. The van der Waals surface area contributed by atoms with Crippen molar-refractivity contribution in [1.29, 1.82) is 0 Å². The van der Waals surface area contributed by atoms with Crippen molar-refractivity contribution in [2.45, 2.75) is 32.6 Å². The van der Waals surface area contributed by atoms with Gasteiger partial charge in [-0.3, -0.25) is 0 Å². The van der Waals surface area contributed by atoms with Crippen LogP contribution in [0.25, 0.3) is 0 Å². The molecule has 0 aliphatic carbocycles. The van der Waals surface area contributed by atoms with Gasteiger partial charge in [-0.15, -0.1) is 0 Å². The van der Waals surface area contributed by atoms with E-state index in [4.69, 9.17) is 0 Å². The minimum absolute atomic E-state index is 0.250. The van der Waals surface area contributed by atoms with Gasteiger partial charge in [0.05, 0.1) is 5.75 Å². The van der Waals surface area contributed by atoms with Crippen LogP contribution in [0, 0.1) is 0 Å². The normalized spacial score (nSPS) is 16.4. The van der Waals surface area contributed by atoms with Crippen LogP contribution >= 0.6 is 0 Å². The van der Waals surface area contributed by atoms with Gasteiger partial charge in [-0.25, -0.2) is 12.7 Å². The standard InChI is InChI=1S/C16H26N2O2S/c1-2-10-17-11-5-14-21(19,20)18-12-8-15-6-3-4-7-16(15)9-13-18/h3-4,6-7,17H,2,5,8-14H2,1H3. The van der Waals surface area contributed by atoms with Crippen LogP contribution in [-0.4, -0.2) is 44.7 Å². The Kier molecular flexibility index (Phi) is 6.21. The molecule has 118 valence electrons. The maximum absolute atomic E-state index is 12.4. The number of rotatable bonds is 7. The Labute approximate surface area is 128 Å². The van der Waals surface area contributed by atoms with E-state index in [9.17, 15) is 8.42 Å². The molecule has 21 heavy (non-hydrogen) atoms. The molecule has 0 fully saturated rings. The topological polar surface area (TPSA) is 49.4 Å². The van der Waals surface area contributed by atoms with Crippen molar-refractivity contribution in [1.82, 2.24) is 9.62 Å². The Bertz CT molecular complexity index is 516. The van der Waals surface area contributed by atoms with Crippen LogP contribution in [0.2, 0.25) is 0 Å². The van der Waals surface area contributed by atoms with Crippen molar-refractivity contribution in [3.63, 3.8) is 0 Å². The highest BCUT2D eigenvalue weighted by molar-refractivity contribution is 7.89. The summed E-state index contributed by atoms with van der Waals surface area (Å²) in [6.07, 6.45) is 3.41. The lowest BCUT2D eigenvalue weighted by Crippen LogP contribution is -2.36. The van der Waals surface area contributed by atoms with Crippen LogP contribution in [0.1, 0.15) is 30.9 Å². The van der Waals surface area contributed by atoms with Crippen LogP contribution in [-0.2, 0) is 22.9 Å². The molecule has 0 atom stereocenters. The molecular weight excluding hydrogens is 284 g/mol. The molecule has 1 aromatic rings. The zero-order chi connectivity index (χ0) is 15.1. The second-order valence-corrected chi connectivity index (χ2v) is 7.68. The smallest absolute Gasteiger partial charge is 0.214 e. The number of hydrogen-bond donors (Lipinski definition) is 1. The van der Waals surface area contributed by atoms with Crippen LogP contribution in [0.3, 0.4) is 0 Å². The molecule has 0 amide bonds. The monoisotopic (exact) mass is 310 g/mol. The summed E-state index contributed by atoms with van der Waals surface area (Å²) in [5.74, 6) is 0.250. The molecule has 1 aliphatic rings. The van der Waals surface area contributed by atoms with E-state index in [1.165, 1.54) is 11.1 Å². The number of sulfonamides is 1. The SMILES string of the molecule is CCCNCCCS(=O)(=O)N1CCc2ccccc2CC1. The van der Waals surface area contributed by atoms with E-state index in [2.05, 4.69) is 24.4 Å². The van der Waals surface area contributed by atoms with Crippen molar-refractivity contribution < 1.29 is 8.42 Å². The predicted molar refractivity (Wildman–Crippen MR) is 87.0 cm³/mol. The van der Waals surface area contributed by atoms with E-state index in [0.29, 0.717) is 19.5 Å². The average molecular weight is 310 g/mol. The van der Waals surface area contributed by atoms with E-state index in [1.807, 2.05) is 12.1 Å². The Morgan fingerprint density at radius 1 is 1.10 bits per heavy atom. The van der Waals surface area contributed by atoms with Crippen molar-refractivity contribution in [2.75, 3.05) is 31.9 Å². The predicted octanol–water partition coefficient (Wildman–Crippen LogP) is 1.81. The molecule has 0 saturated heterocycles. The second-order valence-electron chi connectivity index (χ2n) is 5.59. The van der Waals surface area contributed by atoms with Gasteiger partial charge in [0, 0.05) is 13.1 Å². The molecular formula is C16H26N2O2S. The van der Waals surface area contributed by atoms with E-state index >= 15 is 0 Å². The highest BCUT2D eigenvalue weighted by Crippen LogP contribution is 2.17. The van der Waals surface area contributed by atoms with Crippen LogP contribution < -0.4 is 5.32 Å². The van der Waals surface area contributed by atoms with Crippen molar-refractivity contribution in [3.8, 4) is 0 Å². The summed E-state index contributed by atoms with van der Waals surface area (Å²) in [7, 11) is -3.12. The zero-order valence-corrected chi connectivity index (χ0v) is 13.7. The summed E-state index contributed by atoms with van der Waals surface area (Å²) in [6.45, 7) is 5.07. The first kappa shape index (κ1) is 16.5. The maximum Gasteiger partial charge on any atom is 0.214 e. The minimum Gasteiger partial charge on any atom is -0.317 e. The lowest BCUT2D eigenvalue weighted by Gasteiger charge is -2.19. The van der Waals surface area contributed by atoms with Gasteiger partial charge in [0.2, 0.25) is 10.0 Å². The first-order valence-electron chi connectivity index (χ1n) is 7.89.